The molecule has 1 heterocycles. The fourth-order valence-electron chi connectivity index (χ4n) is 2.62. The van der Waals surface area contributed by atoms with E-state index in [0.29, 0.717) is 13.2 Å². The minimum atomic E-state index is -0.166. The summed E-state index contributed by atoms with van der Waals surface area (Å²) in [5.74, 6) is 0.724. The molecule has 3 rings (SSSR count). The van der Waals surface area contributed by atoms with Crippen LogP contribution in [0.15, 0.2) is 53.5 Å². The summed E-state index contributed by atoms with van der Waals surface area (Å²) < 4.78 is 11.1. The standard InChI is InChI=1S/C19H21NO2/c1-19(2)13-22-18(20-19)17-11-14(12-21-3)9-10-16(17)15-7-5-4-6-8-15/h4-11H,12-13H2,1-3H3. The number of hydrogen-bond acceptors (Lipinski definition) is 3. The van der Waals surface area contributed by atoms with Gasteiger partial charge >= 0.3 is 0 Å². The molecule has 1 aliphatic rings. The van der Waals surface area contributed by atoms with Crippen molar-refractivity contribution in [2.45, 2.75) is 26.0 Å². The van der Waals surface area contributed by atoms with Gasteiger partial charge in [0.25, 0.3) is 0 Å². The molecule has 22 heavy (non-hydrogen) atoms. The predicted molar refractivity (Wildman–Crippen MR) is 89.2 cm³/mol. The highest BCUT2D eigenvalue weighted by atomic mass is 16.5. The smallest absolute Gasteiger partial charge is 0.217 e. The van der Waals surface area contributed by atoms with E-state index in [-0.39, 0.29) is 5.54 Å². The van der Waals surface area contributed by atoms with Crippen molar-refractivity contribution in [2.75, 3.05) is 13.7 Å². The average molecular weight is 295 g/mol. The van der Waals surface area contributed by atoms with Gasteiger partial charge in [0.15, 0.2) is 0 Å². The van der Waals surface area contributed by atoms with Crippen molar-refractivity contribution in [1.29, 1.82) is 0 Å². The van der Waals surface area contributed by atoms with Gasteiger partial charge in [0.2, 0.25) is 5.90 Å². The molecule has 0 unspecified atom stereocenters. The summed E-state index contributed by atoms with van der Waals surface area (Å²) >= 11 is 0. The molecular weight excluding hydrogens is 274 g/mol. The maximum absolute atomic E-state index is 5.86. The molecule has 2 aromatic rings. The SMILES string of the molecule is COCc1ccc(-c2ccccc2)c(C2=NC(C)(C)CO2)c1. The van der Waals surface area contributed by atoms with Crippen molar-refractivity contribution < 1.29 is 9.47 Å². The minimum Gasteiger partial charge on any atom is -0.475 e. The Morgan fingerprint density at radius 3 is 2.50 bits per heavy atom. The van der Waals surface area contributed by atoms with Crippen LogP contribution in [0.2, 0.25) is 0 Å². The second-order valence-electron chi connectivity index (χ2n) is 6.20. The van der Waals surface area contributed by atoms with Crippen molar-refractivity contribution >= 4 is 5.90 Å². The molecule has 0 atom stereocenters. The van der Waals surface area contributed by atoms with Gasteiger partial charge < -0.3 is 9.47 Å². The molecule has 1 aliphatic heterocycles. The van der Waals surface area contributed by atoms with Crippen LogP contribution in [0.1, 0.15) is 25.0 Å². The molecule has 0 saturated heterocycles. The maximum atomic E-state index is 5.86. The number of rotatable bonds is 4. The molecular formula is C19H21NO2. The number of benzene rings is 2. The summed E-state index contributed by atoms with van der Waals surface area (Å²) in [5, 5.41) is 0. The number of methoxy groups -OCH3 is 1. The van der Waals surface area contributed by atoms with Crippen LogP contribution in [0, 0.1) is 0 Å². The summed E-state index contributed by atoms with van der Waals surface area (Å²) in [6.45, 7) is 5.37. The molecule has 3 nitrogen and oxygen atoms in total. The van der Waals surface area contributed by atoms with Gasteiger partial charge in [-0.25, -0.2) is 4.99 Å². The van der Waals surface area contributed by atoms with Crippen LogP contribution in [-0.2, 0) is 16.1 Å². The van der Waals surface area contributed by atoms with E-state index in [1.54, 1.807) is 7.11 Å². The predicted octanol–water partition coefficient (Wildman–Crippen LogP) is 4.06. The second-order valence-corrected chi connectivity index (χ2v) is 6.20. The third kappa shape index (κ3) is 3.04. The van der Waals surface area contributed by atoms with Gasteiger partial charge in [0.1, 0.15) is 6.61 Å². The number of hydrogen-bond donors (Lipinski definition) is 0. The highest BCUT2D eigenvalue weighted by Crippen LogP contribution is 2.29. The molecule has 0 fully saturated rings. The maximum Gasteiger partial charge on any atom is 0.217 e. The fraction of sp³-hybridized carbons (Fsp3) is 0.316. The summed E-state index contributed by atoms with van der Waals surface area (Å²) in [5.41, 5.74) is 4.29. The molecule has 0 N–H and O–H groups in total. The molecule has 3 heteroatoms. The van der Waals surface area contributed by atoms with Crippen molar-refractivity contribution in [3.05, 3.63) is 59.7 Å². The van der Waals surface area contributed by atoms with Gasteiger partial charge in [0, 0.05) is 12.7 Å². The van der Waals surface area contributed by atoms with Crippen LogP contribution in [-0.4, -0.2) is 25.2 Å². The first-order chi connectivity index (χ1) is 10.6. The fourth-order valence-corrected chi connectivity index (χ4v) is 2.62. The Labute approximate surface area is 131 Å². The van der Waals surface area contributed by atoms with Gasteiger partial charge in [-0.05, 0) is 36.6 Å². The monoisotopic (exact) mass is 295 g/mol. The van der Waals surface area contributed by atoms with E-state index < -0.39 is 0 Å². The lowest BCUT2D eigenvalue weighted by Crippen LogP contribution is -2.17. The van der Waals surface area contributed by atoms with E-state index in [0.717, 1.165) is 28.2 Å². The minimum absolute atomic E-state index is 0.166. The second kappa shape index (κ2) is 5.93. The Bertz CT molecular complexity index is 690. The lowest BCUT2D eigenvalue weighted by molar-refractivity contribution is 0.185. The molecule has 114 valence electrons. The van der Waals surface area contributed by atoms with Crippen molar-refractivity contribution in [3.63, 3.8) is 0 Å². The molecule has 0 aromatic heterocycles. The van der Waals surface area contributed by atoms with Crippen LogP contribution in [0.5, 0.6) is 0 Å². The highest BCUT2D eigenvalue weighted by molar-refractivity contribution is 6.02. The first-order valence-corrected chi connectivity index (χ1v) is 7.49. The normalized spacial score (nSPS) is 16.2. The van der Waals surface area contributed by atoms with Crippen LogP contribution in [0.3, 0.4) is 0 Å². The summed E-state index contributed by atoms with van der Waals surface area (Å²) in [4.78, 5) is 4.73. The van der Waals surface area contributed by atoms with E-state index in [1.165, 1.54) is 0 Å². The Hall–Kier alpha value is -2.13. The van der Waals surface area contributed by atoms with E-state index in [2.05, 4.69) is 44.2 Å². The Morgan fingerprint density at radius 1 is 1.09 bits per heavy atom. The first kappa shape index (κ1) is 14.8. The Kier molecular flexibility index (Phi) is 3.99. The van der Waals surface area contributed by atoms with Crippen molar-refractivity contribution in [1.82, 2.24) is 0 Å². The van der Waals surface area contributed by atoms with E-state index in [1.807, 2.05) is 18.2 Å². The van der Waals surface area contributed by atoms with Crippen LogP contribution < -0.4 is 0 Å². The Morgan fingerprint density at radius 2 is 1.86 bits per heavy atom. The van der Waals surface area contributed by atoms with Gasteiger partial charge in [-0.15, -0.1) is 0 Å². The van der Waals surface area contributed by atoms with Crippen molar-refractivity contribution in [3.8, 4) is 11.1 Å². The van der Waals surface area contributed by atoms with Gasteiger partial charge in [-0.3, -0.25) is 0 Å². The van der Waals surface area contributed by atoms with E-state index in [4.69, 9.17) is 14.5 Å². The zero-order valence-electron chi connectivity index (χ0n) is 13.3. The molecule has 0 radical (unpaired) electrons. The summed E-state index contributed by atoms with van der Waals surface area (Å²) in [7, 11) is 1.71. The van der Waals surface area contributed by atoms with Crippen LogP contribution >= 0.6 is 0 Å². The largest absolute Gasteiger partial charge is 0.475 e. The molecule has 0 aliphatic carbocycles. The molecule has 2 aromatic carbocycles. The van der Waals surface area contributed by atoms with E-state index in [9.17, 15) is 0 Å². The lowest BCUT2D eigenvalue weighted by Gasteiger charge is -2.12. The third-order valence-electron chi connectivity index (χ3n) is 3.68. The lowest BCUT2D eigenvalue weighted by atomic mass is 9.97. The zero-order chi connectivity index (χ0) is 15.6. The summed E-state index contributed by atoms with van der Waals surface area (Å²) in [6.07, 6.45) is 0. The highest BCUT2D eigenvalue weighted by Gasteiger charge is 2.28. The van der Waals surface area contributed by atoms with E-state index >= 15 is 0 Å². The quantitative estimate of drug-likeness (QED) is 0.851. The Balaban J connectivity index is 2.10. The molecule has 0 saturated carbocycles. The molecule has 0 spiro atoms. The average Bonchev–Trinajstić information content (AvgIpc) is 2.88. The third-order valence-corrected chi connectivity index (χ3v) is 3.68. The zero-order valence-corrected chi connectivity index (χ0v) is 13.3. The van der Waals surface area contributed by atoms with Crippen molar-refractivity contribution in [2.24, 2.45) is 4.99 Å². The van der Waals surface area contributed by atoms with Crippen LogP contribution in [0.25, 0.3) is 11.1 Å². The number of ether oxygens (including phenoxy) is 2. The van der Waals surface area contributed by atoms with Gasteiger partial charge in [0.05, 0.1) is 12.1 Å². The topological polar surface area (TPSA) is 30.8 Å². The first-order valence-electron chi connectivity index (χ1n) is 7.49. The number of aliphatic imine (C=N–C) groups is 1. The van der Waals surface area contributed by atoms with Gasteiger partial charge in [-0.2, -0.15) is 0 Å². The summed E-state index contributed by atoms with van der Waals surface area (Å²) in [6, 6.07) is 16.7. The molecule has 0 bridgehead atoms. The molecule has 0 amide bonds. The number of nitrogens with zero attached hydrogens (tertiary/aromatic N) is 1. The van der Waals surface area contributed by atoms with Gasteiger partial charge in [-0.1, -0.05) is 42.5 Å². The van der Waals surface area contributed by atoms with Crippen LogP contribution in [0.4, 0.5) is 0 Å².